The van der Waals surface area contributed by atoms with Crippen molar-refractivity contribution in [2.45, 2.75) is 52.5 Å². The predicted octanol–water partition coefficient (Wildman–Crippen LogP) is 3.96. The Kier molecular flexibility index (Phi) is 6.16. The molecule has 144 valence electrons. The summed E-state index contributed by atoms with van der Waals surface area (Å²) in [6.07, 6.45) is 4.65. The normalized spacial score (nSPS) is 13.1. The summed E-state index contributed by atoms with van der Waals surface area (Å²) in [5.74, 6) is -0.243. The minimum absolute atomic E-state index is 0.202. The lowest BCUT2D eigenvalue weighted by Crippen LogP contribution is -2.26. The lowest BCUT2D eigenvalue weighted by Gasteiger charge is -2.17. The Balaban J connectivity index is 1.87. The van der Waals surface area contributed by atoms with E-state index in [1.54, 1.807) is 12.1 Å². The van der Waals surface area contributed by atoms with Crippen LogP contribution in [0.15, 0.2) is 18.2 Å². The molecule has 0 saturated heterocycles. The lowest BCUT2D eigenvalue weighted by molar-refractivity contribution is 0.0947. The average Bonchev–Trinajstić information content (AvgIpc) is 3.05. The van der Waals surface area contributed by atoms with E-state index in [-0.39, 0.29) is 17.6 Å². The van der Waals surface area contributed by atoms with E-state index in [1.165, 1.54) is 0 Å². The minimum atomic E-state index is -0.323. The first-order valence-electron chi connectivity index (χ1n) is 9.46. The Morgan fingerprint density at radius 1 is 1.26 bits per heavy atom. The van der Waals surface area contributed by atoms with Crippen molar-refractivity contribution >= 4 is 29.1 Å². The number of benzene rings is 1. The molecular weight excluding hydrogens is 364 g/mol. The standard InChI is InChI=1S/C20H25ClN4O2/c1-3-4-10-22-19(26)17-16-7-5-6-11-25(16)18(24-17)20(27)23-15-12-14(21)9-8-13(15)2/h8-9,12H,3-7,10-11H2,1-2H3,(H,22,26)(H,23,27). The Morgan fingerprint density at radius 2 is 2.07 bits per heavy atom. The van der Waals surface area contributed by atoms with Crippen LogP contribution in [0.3, 0.4) is 0 Å². The fourth-order valence-electron chi connectivity index (χ4n) is 3.27. The molecule has 0 radical (unpaired) electrons. The molecule has 2 N–H and O–H groups in total. The van der Waals surface area contributed by atoms with E-state index in [9.17, 15) is 9.59 Å². The zero-order valence-electron chi connectivity index (χ0n) is 15.8. The first kappa shape index (κ1) is 19.4. The summed E-state index contributed by atoms with van der Waals surface area (Å²) in [5.41, 5.74) is 2.78. The van der Waals surface area contributed by atoms with Crippen LogP contribution in [-0.2, 0) is 13.0 Å². The van der Waals surface area contributed by atoms with Gasteiger partial charge in [-0.1, -0.05) is 31.0 Å². The van der Waals surface area contributed by atoms with Gasteiger partial charge >= 0.3 is 0 Å². The van der Waals surface area contributed by atoms with E-state index in [1.807, 2.05) is 17.6 Å². The van der Waals surface area contributed by atoms with Crippen LogP contribution in [0, 0.1) is 6.92 Å². The fourth-order valence-corrected chi connectivity index (χ4v) is 3.44. The SMILES string of the molecule is CCCCNC(=O)c1nc(C(=O)Nc2cc(Cl)ccc2C)n2c1CCCC2. The molecule has 0 aliphatic carbocycles. The number of aryl methyl sites for hydroxylation is 1. The fraction of sp³-hybridized carbons (Fsp3) is 0.450. The van der Waals surface area contributed by atoms with Crippen molar-refractivity contribution in [1.82, 2.24) is 14.9 Å². The van der Waals surface area contributed by atoms with E-state index >= 15 is 0 Å². The summed E-state index contributed by atoms with van der Waals surface area (Å²) in [6.45, 7) is 5.29. The topological polar surface area (TPSA) is 76.0 Å². The van der Waals surface area contributed by atoms with Crippen LogP contribution < -0.4 is 10.6 Å². The molecule has 0 spiro atoms. The molecule has 0 unspecified atom stereocenters. The first-order valence-corrected chi connectivity index (χ1v) is 9.84. The van der Waals surface area contributed by atoms with Crippen LogP contribution >= 0.6 is 11.6 Å². The highest BCUT2D eigenvalue weighted by Gasteiger charge is 2.27. The monoisotopic (exact) mass is 388 g/mol. The number of unbranched alkanes of at least 4 members (excludes halogenated alkanes) is 1. The maximum atomic E-state index is 12.9. The molecule has 3 rings (SSSR count). The van der Waals surface area contributed by atoms with E-state index in [4.69, 9.17) is 11.6 Å². The molecule has 1 aromatic heterocycles. The number of nitrogens with zero attached hydrogens (tertiary/aromatic N) is 2. The van der Waals surface area contributed by atoms with Crippen molar-refractivity contribution in [3.05, 3.63) is 46.0 Å². The molecule has 27 heavy (non-hydrogen) atoms. The van der Waals surface area contributed by atoms with Crippen molar-refractivity contribution in [3.63, 3.8) is 0 Å². The van der Waals surface area contributed by atoms with Crippen LogP contribution in [0.1, 0.15) is 65.0 Å². The smallest absolute Gasteiger partial charge is 0.291 e. The number of imidazole rings is 1. The third-order valence-corrected chi connectivity index (χ3v) is 5.03. The van der Waals surface area contributed by atoms with Gasteiger partial charge in [0.1, 0.15) is 5.69 Å². The van der Waals surface area contributed by atoms with Crippen molar-refractivity contribution < 1.29 is 9.59 Å². The average molecular weight is 389 g/mol. The summed E-state index contributed by atoms with van der Waals surface area (Å²) in [7, 11) is 0. The molecule has 2 aromatic rings. The molecule has 1 aliphatic rings. The van der Waals surface area contributed by atoms with Crippen LogP contribution in [0.5, 0.6) is 0 Å². The summed E-state index contributed by atoms with van der Waals surface area (Å²) >= 11 is 6.04. The molecule has 2 amide bonds. The van der Waals surface area contributed by atoms with Crippen molar-refractivity contribution in [3.8, 4) is 0 Å². The molecule has 0 bridgehead atoms. The molecule has 6 nitrogen and oxygen atoms in total. The molecule has 1 aromatic carbocycles. The van der Waals surface area contributed by atoms with E-state index in [0.29, 0.717) is 29.5 Å². The molecule has 0 fully saturated rings. The summed E-state index contributed by atoms with van der Waals surface area (Å²) < 4.78 is 1.88. The number of carbonyl (C=O) groups is 2. The van der Waals surface area contributed by atoms with Gasteiger partial charge in [-0.2, -0.15) is 0 Å². The number of amides is 2. The third-order valence-electron chi connectivity index (χ3n) is 4.80. The number of rotatable bonds is 6. The predicted molar refractivity (Wildman–Crippen MR) is 107 cm³/mol. The highest BCUT2D eigenvalue weighted by atomic mass is 35.5. The lowest BCUT2D eigenvalue weighted by atomic mass is 10.1. The van der Waals surface area contributed by atoms with E-state index < -0.39 is 0 Å². The van der Waals surface area contributed by atoms with Gasteiger partial charge in [0.05, 0.1) is 5.69 Å². The molecule has 0 saturated carbocycles. The van der Waals surface area contributed by atoms with Gasteiger partial charge in [-0.25, -0.2) is 4.98 Å². The van der Waals surface area contributed by atoms with Gasteiger partial charge in [0.25, 0.3) is 11.8 Å². The van der Waals surface area contributed by atoms with E-state index in [2.05, 4.69) is 22.5 Å². The number of anilines is 1. The largest absolute Gasteiger partial charge is 0.351 e. The minimum Gasteiger partial charge on any atom is -0.351 e. The van der Waals surface area contributed by atoms with E-state index in [0.717, 1.165) is 43.4 Å². The molecule has 2 heterocycles. The van der Waals surface area contributed by atoms with Crippen molar-refractivity contribution in [2.24, 2.45) is 0 Å². The number of halogens is 1. The zero-order valence-corrected chi connectivity index (χ0v) is 16.5. The maximum Gasteiger partial charge on any atom is 0.291 e. The summed E-state index contributed by atoms with van der Waals surface area (Å²) in [4.78, 5) is 29.8. The third kappa shape index (κ3) is 4.33. The highest BCUT2D eigenvalue weighted by Crippen LogP contribution is 2.24. The number of hydrogen-bond acceptors (Lipinski definition) is 3. The molecule has 0 atom stereocenters. The van der Waals surface area contributed by atoms with Gasteiger partial charge in [-0.15, -0.1) is 0 Å². The van der Waals surface area contributed by atoms with Gasteiger partial charge in [0, 0.05) is 23.8 Å². The summed E-state index contributed by atoms with van der Waals surface area (Å²) in [5, 5.41) is 6.34. The van der Waals surface area contributed by atoms with Gasteiger partial charge < -0.3 is 15.2 Å². The van der Waals surface area contributed by atoms with Crippen LogP contribution in [0.4, 0.5) is 5.69 Å². The molecular formula is C20H25ClN4O2. The second kappa shape index (κ2) is 8.57. The van der Waals surface area contributed by atoms with Crippen molar-refractivity contribution in [1.29, 1.82) is 0 Å². The number of fused-ring (bicyclic) bond motifs is 1. The second-order valence-electron chi connectivity index (χ2n) is 6.86. The number of carbonyl (C=O) groups excluding carboxylic acids is 2. The van der Waals surface area contributed by atoms with Crippen molar-refractivity contribution in [2.75, 3.05) is 11.9 Å². The molecule has 7 heteroatoms. The van der Waals surface area contributed by atoms with Gasteiger partial charge in [0.15, 0.2) is 5.82 Å². The van der Waals surface area contributed by atoms with Gasteiger partial charge in [0.2, 0.25) is 0 Å². The quantitative estimate of drug-likeness (QED) is 0.735. The Hall–Kier alpha value is -2.34. The molecule has 1 aliphatic heterocycles. The zero-order chi connectivity index (χ0) is 19.4. The Morgan fingerprint density at radius 3 is 2.85 bits per heavy atom. The Labute approximate surface area is 164 Å². The number of nitrogens with one attached hydrogen (secondary N) is 2. The Bertz CT molecular complexity index is 860. The number of hydrogen-bond donors (Lipinski definition) is 2. The highest BCUT2D eigenvalue weighted by molar-refractivity contribution is 6.31. The number of aromatic nitrogens is 2. The van der Waals surface area contributed by atoms with Gasteiger partial charge in [-0.05, 0) is 50.3 Å². The van der Waals surface area contributed by atoms with Gasteiger partial charge in [-0.3, -0.25) is 9.59 Å². The van der Waals surface area contributed by atoms with Crippen LogP contribution in [0.25, 0.3) is 0 Å². The van der Waals surface area contributed by atoms with Crippen LogP contribution in [-0.4, -0.2) is 27.9 Å². The van der Waals surface area contributed by atoms with Crippen LogP contribution in [0.2, 0.25) is 5.02 Å². The summed E-state index contributed by atoms with van der Waals surface area (Å²) in [6, 6.07) is 5.35. The second-order valence-corrected chi connectivity index (χ2v) is 7.30. The maximum absolute atomic E-state index is 12.9. The first-order chi connectivity index (χ1) is 13.0.